The average Bonchev–Trinajstić information content (AvgIpc) is 2.57. The third kappa shape index (κ3) is 3.91. The van der Waals surface area contributed by atoms with E-state index >= 15 is 0 Å². The molecule has 0 radical (unpaired) electrons. The van der Waals surface area contributed by atoms with Crippen molar-refractivity contribution in [3.8, 4) is 6.07 Å². The molecule has 0 bridgehead atoms. The maximum atomic E-state index is 12.2. The van der Waals surface area contributed by atoms with Crippen molar-refractivity contribution in [3.05, 3.63) is 67.4 Å². The largest absolute Gasteiger partial charge is 0.350 e. The van der Waals surface area contributed by atoms with Gasteiger partial charge in [-0.1, -0.05) is 23.7 Å². The van der Waals surface area contributed by atoms with E-state index in [2.05, 4.69) is 5.32 Å². The van der Waals surface area contributed by atoms with Gasteiger partial charge < -0.3 is 5.32 Å². The van der Waals surface area contributed by atoms with Crippen molar-refractivity contribution in [3.63, 3.8) is 0 Å². The van der Waals surface area contributed by atoms with Gasteiger partial charge in [0.05, 0.1) is 0 Å². The lowest BCUT2D eigenvalue weighted by Gasteiger charge is -2.10. The van der Waals surface area contributed by atoms with Crippen molar-refractivity contribution in [2.24, 2.45) is 0 Å². The maximum absolute atomic E-state index is 12.2. The molecule has 0 saturated heterocycles. The van der Waals surface area contributed by atoms with Crippen LogP contribution in [0.5, 0.6) is 0 Å². The van der Waals surface area contributed by atoms with Gasteiger partial charge in [0.15, 0.2) is 0 Å². The number of nitriles is 1. The molecule has 8 heteroatoms. The van der Waals surface area contributed by atoms with Gasteiger partial charge in [-0.2, -0.15) is 5.26 Å². The van der Waals surface area contributed by atoms with Crippen molar-refractivity contribution in [2.75, 3.05) is 0 Å². The van der Waals surface area contributed by atoms with Gasteiger partial charge in [-0.3, -0.25) is 14.2 Å². The predicted molar refractivity (Wildman–Crippen MR) is 88.6 cm³/mol. The molecule has 1 amide bonds. The third-order valence-corrected chi connectivity index (χ3v) is 3.61. The van der Waals surface area contributed by atoms with Crippen LogP contribution in [0.4, 0.5) is 0 Å². The van der Waals surface area contributed by atoms with Crippen molar-refractivity contribution < 1.29 is 4.79 Å². The molecule has 0 aliphatic carbocycles. The molecule has 0 unspecified atom stereocenters. The summed E-state index contributed by atoms with van der Waals surface area (Å²) in [4.78, 5) is 36.3. The number of carbonyl (C=O) groups is 1. The van der Waals surface area contributed by atoms with Gasteiger partial charge in [0, 0.05) is 24.3 Å². The first kappa shape index (κ1) is 17.5. The number of amides is 1. The molecular weight excluding hydrogens is 332 g/mol. The molecule has 1 aromatic heterocycles. The lowest BCUT2D eigenvalue weighted by molar-refractivity contribution is -0.121. The fourth-order valence-corrected chi connectivity index (χ4v) is 2.36. The first-order valence-corrected chi connectivity index (χ1v) is 7.59. The summed E-state index contributed by atoms with van der Waals surface area (Å²) in [6.45, 7) is 1.76. The Hall–Kier alpha value is -2.85. The van der Waals surface area contributed by atoms with Crippen molar-refractivity contribution in [2.45, 2.75) is 26.6 Å². The monoisotopic (exact) mass is 346 g/mol. The van der Waals surface area contributed by atoms with E-state index in [-0.39, 0.29) is 18.7 Å². The number of rotatable bonds is 5. The Labute approximate surface area is 142 Å². The number of carbonyl (C=O) groups excluding carboxylic acids is 1. The number of benzene rings is 1. The highest BCUT2D eigenvalue weighted by Crippen LogP contribution is 2.10. The molecule has 24 heavy (non-hydrogen) atoms. The van der Waals surface area contributed by atoms with Crippen LogP contribution in [-0.2, 0) is 24.4 Å². The topological polar surface area (TPSA) is 96.9 Å². The van der Waals surface area contributed by atoms with Crippen LogP contribution < -0.4 is 16.6 Å². The van der Waals surface area contributed by atoms with Gasteiger partial charge >= 0.3 is 5.69 Å². The van der Waals surface area contributed by atoms with Crippen LogP contribution in [0, 0.1) is 11.3 Å². The second-order valence-electron chi connectivity index (χ2n) is 5.02. The highest BCUT2D eigenvalue weighted by Gasteiger charge is 2.13. The van der Waals surface area contributed by atoms with E-state index in [9.17, 15) is 14.4 Å². The molecule has 0 spiro atoms. The van der Waals surface area contributed by atoms with E-state index < -0.39 is 23.7 Å². The lowest BCUT2D eigenvalue weighted by atomic mass is 10.2. The van der Waals surface area contributed by atoms with E-state index in [0.717, 1.165) is 10.1 Å². The van der Waals surface area contributed by atoms with Gasteiger partial charge in [0.2, 0.25) is 5.91 Å². The quantitative estimate of drug-likeness (QED) is 0.868. The number of aromatic nitrogens is 2. The summed E-state index contributed by atoms with van der Waals surface area (Å²) in [6, 6.07) is 8.70. The minimum Gasteiger partial charge on any atom is -0.350 e. The number of nitrogens with one attached hydrogen (secondary N) is 1. The maximum Gasteiger partial charge on any atom is 0.331 e. The summed E-state index contributed by atoms with van der Waals surface area (Å²) in [6.07, 6.45) is 1.20. The molecule has 0 atom stereocenters. The minimum atomic E-state index is -0.773. The second-order valence-corrected chi connectivity index (χ2v) is 5.46. The SMILES string of the molecule is CCn1cc(C#N)c(=O)n(CC(=O)NCc2cccc(Cl)c2)c1=O. The van der Waals surface area contributed by atoms with Crippen LogP contribution in [0.25, 0.3) is 0 Å². The van der Waals surface area contributed by atoms with Crippen LogP contribution in [0.2, 0.25) is 5.02 Å². The summed E-state index contributed by atoms with van der Waals surface area (Å²) < 4.78 is 1.97. The molecule has 1 N–H and O–H groups in total. The summed E-state index contributed by atoms with van der Waals surface area (Å²) in [7, 11) is 0. The Morgan fingerprint density at radius 2 is 2.12 bits per heavy atom. The highest BCUT2D eigenvalue weighted by atomic mass is 35.5. The molecule has 124 valence electrons. The number of halogens is 1. The molecule has 0 fully saturated rings. The van der Waals surface area contributed by atoms with Gasteiger partial charge in [-0.15, -0.1) is 0 Å². The molecular formula is C16H15ClN4O3. The van der Waals surface area contributed by atoms with E-state index in [0.29, 0.717) is 5.02 Å². The molecule has 1 heterocycles. The van der Waals surface area contributed by atoms with E-state index in [1.165, 1.54) is 10.8 Å². The Balaban J connectivity index is 2.19. The van der Waals surface area contributed by atoms with Crippen LogP contribution in [0.3, 0.4) is 0 Å². The molecule has 2 aromatic rings. The van der Waals surface area contributed by atoms with E-state index in [4.69, 9.17) is 16.9 Å². The Bertz CT molecular complexity index is 924. The smallest absolute Gasteiger partial charge is 0.331 e. The third-order valence-electron chi connectivity index (χ3n) is 3.38. The zero-order valence-corrected chi connectivity index (χ0v) is 13.7. The predicted octanol–water partition coefficient (Wildman–Crippen LogP) is 0.871. The zero-order valence-electron chi connectivity index (χ0n) is 13.0. The van der Waals surface area contributed by atoms with Crippen LogP contribution in [0.15, 0.2) is 40.1 Å². The van der Waals surface area contributed by atoms with Crippen molar-refractivity contribution >= 4 is 17.5 Å². The van der Waals surface area contributed by atoms with Crippen LogP contribution >= 0.6 is 11.6 Å². The zero-order chi connectivity index (χ0) is 17.7. The Morgan fingerprint density at radius 3 is 2.75 bits per heavy atom. The first-order valence-electron chi connectivity index (χ1n) is 7.21. The molecule has 2 rings (SSSR count). The normalized spacial score (nSPS) is 10.2. The lowest BCUT2D eigenvalue weighted by Crippen LogP contribution is -2.44. The fraction of sp³-hybridized carbons (Fsp3) is 0.250. The van der Waals surface area contributed by atoms with Gasteiger partial charge in [0.1, 0.15) is 18.2 Å². The number of aryl methyl sites for hydroxylation is 1. The van der Waals surface area contributed by atoms with Gasteiger partial charge in [0.25, 0.3) is 5.56 Å². The Morgan fingerprint density at radius 1 is 1.38 bits per heavy atom. The number of nitrogens with zero attached hydrogens (tertiary/aromatic N) is 3. The minimum absolute atomic E-state index is 0.181. The van der Waals surface area contributed by atoms with Crippen LogP contribution in [0.1, 0.15) is 18.1 Å². The number of hydrogen-bond acceptors (Lipinski definition) is 4. The second kappa shape index (κ2) is 7.62. The molecule has 1 aromatic carbocycles. The standard InChI is InChI=1S/C16H15ClN4O3/c1-2-20-9-12(7-18)15(23)21(16(20)24)10-14(22)19-8-11-4-3-5-13(17)6-11/h3-6,9H,2,8,10H2,1H3,(H,19,22). The van der Waals surface area contributed by atoms with Crippen LogP contribution in [-0.4, -0.2) is 15.0 Å². The fourth-order valence-electron chi connectivity index (χ4n) is 2.14. The van der Waals surface area contributed by atoms with Crippen molar-refractivity contribution in [1.82, 2.24) is 14.5 Å². The first-order chi connectivity index (χ1) is 11.5. The summed E-state index contributed by atoms with van der Waals surface area (Å²) >= 11 is 5.87. The van der Waals surface area contributed by atoms with Gasteiger partial charge in [-0.05, 0) is 24.6 Å². The summed E-state index contributed by atoms with van der Waals surface area (Å²) in [5, 5.41) is 12.1. The molecule has 7 nitrogen and oxygen atoms in total. The summed E-state index contributed by atoms with van der Waals surface area (Å²) in [5.74, 6) is -0.507. The average molecular weight is 347 g/mol. The van der Waals surface area contributed by atoms with E-state index in [1.807, 2.05) is 0 Å². The van der Waals surface area contributed by atoms with Gasteiger partial charge in [-0.25, -0.2) is 9.36 Å². The number of hydrogen-bond donors (Lipinski definition) is 1. The summed E-state index contributed by atoms with van der Waals surface area (Å²) in [5.41, 5.74) is -0.788. The van der Waals surface area contributed by atoms with Crippen molar-refractivity contribution in [1.29, 1.82) is 5.26 Å². The Kier molecular flexibility index (Phi) is 5.55. The molecule has 0 aliphatic heterocycles. The molecule has 0 aliphatic rings. The molecule has 0 saturated carbocycles. The highest BCUT2D eigenvalue weighted by molar-refractivity contribution is 6.30. The van der Waals surface area contributed by atoms with E-state index in [1.54, 1.807) is 37.3 Å².